The van der Waals surface area contributed by atoms with Gasteiger partial charge in [0.25, 0.3) is 0 Å². The molecule has 0 aliphatic rings. The lowest BCUT2D eigenvalue weighted by Gasteiger charge is -2.06. The zero-order chi connectivity index (χ0) is 19.0. The number of hydrogen-bond donors (Lipinski definition) is 1. The van der Waals surface area contributed by atoms with E-state index in [0.29, 0.717) is 27.9 Å². The smallest absolute Gasteiger partial charge is 0.335 e. The fourth-order valence-electron chi connectivity index (χ4n) is 2.85. The van der Waals surface area contributed by atoms with Gasteiger partial charge in [-0.1, -0.05) is 17.8 Å². The number of carboxylic acid groups (broad SMARTS) is 1. The van der Waals surface area contributed by atoms with Crippen LogP contribution in [0.25, 0.3) is 28.4 Å². The van der Waals surface area contributed by atoms with E-state index in [1.165, 1.54) is 11.8 Å². The number of carbonyl (C=O) groups is 1. The first-order chi connectivity index (χ1) is 13.1. The molecule has 0 amide bonds. The second kappa shape index (κ2) is 6.81. The van der Waals surface area contributed by atoms with Gasteiger partial charge in [-0.2, -0.15) is 0 Å². The summed E-state index contributed by atoms with van der Waals surface area (Å²) in [5, 5.41) is 9.93. The van der Waals surface area contributed by atoms with Crippen molar-refractivity contribution in [3.8, 4) is 22.8 Å². The molecule has 0 atom stereocenters. The molecule has 0 aliphatic heterocycles. The van der Waals surface area contributed by atoms with Gasteiger partial charge < -0.3 is 5.11 Å². The molecule has 0 fully saturated rings. The number of aromatic carboxylic acids is 1. The first kappa shape index (κ1) is 17.2. The second-order valence-electron chi connectivity index (χ2n) is 5.85. The fourth-order valence-corrected chi connectivity index (χ4v) is 3.20. The van der Waals surface area contributed by atoms with Crippen molar-refractivity contribution in [2.45, 2.75) is 12.1 Å². The summed E-state index contributed by atoms with van der Waals surface area (Å²) in [4.78, 5) is 29.4. The molecule has 0 spiro atoms. The Morgan fingerprint density at radius 3 is 2.70 bits per heavy atom. The second-order valence-corrected chi connectivity index (χ2v) is 6.62. The van der Waals surface area contributed by atoms with E-state index < -0.39 is 5.97 Å². The van der Waals surface area contributed by atoms with Gasteiger partial charge in [0.15, 0.2) is 5.16 Å². The molecule has 7 nitrogen and oxygen atoms in total. The van der Waals surface area contributed by atoms with Gasteiger partial charge in [-0.25, -0.2) is 19.7 Å². The maximum absolute atomic E-state index is 11.3. The molecule has 0 radical (unpaired) electrons. The van der Waals surface area contributed by atoms with E-state index in [2.05, 4.69) is 19.9 Å². The summed E-state index contributed by atoms with van der Waals surface area (Å²) in [6, 6.07) is 10.6. The molecule has 4 heterocycles. The van der Waals surface area contributed by atoms with Gasteiger partial charge in [0, 0.05) is 18.1 Å². The number of nitrogens with zero attached hydrogens (tertiary/aromatic N) is 5. The number of aromatic nitrogens is 5. The number of pyridine rings is 2. The minimum Gasteiger partial charge on any atom is -0.478 e. The lowest BCUT2D eigenvalue weighted by Crippen LogP contribution is -1.99. The van der Waals surface area contributed by atoms with E-state index in [1.54, 1.807) is 24.5 Å². The minimum atomic E-state index is -0.996. The summed E-state index contributed by atoms with van der Waals surface area (Å²) in [6.45, 7) is 1.91. The van der Waals surface area contributed by atoms with Crippen LogP contribution in [-0.4, -0.2) is 41.7 Å². The molecule has 0 saturated carbocycles. The minimum absolute atomic E-state index is 0.176. The number of aryl methyl sites for hydroxylation is 1. The predicted molar refractivity (Wildman–Crippen MR) is 103 cm³/mol. The Hall–Kier alpha value is -3.26. The van der Waals surface area contributed by atoms with Gasteiger partial charge in [-0.3, -0.25) is 9.38 Å². The highest BCUT2D eigenvalue weighted by atomic mass is 32.2. The quantitative estimate of drug-likeness (QED) is 0.429. The summed E-state index contributed by atoms with van der Waals surface area (Å²) in [6.07, 6.45) is 5.31. The average Bonchev–Trinajstić information content (AvgIpc) is 3.06. The molecule has 1 N–H and O–H groups in total. The Kier molecular flexibility index (Phi) is 4.33. The van der Waals surface area contributed by atoms with Crippen LogP contribution in [0, 0.1) is 6.92 Å². The maximum Gasteiger partial charge on any atom is 0.335 e. The van der Waals surface area contributed by atoms with E-state index in [0.717, 1.165) is 11.4 Å². The normalized spacial score (nSPS) is 11.0. The Morgan fingerprint density at radius 1 is 1.11 bits per heavy atom. The van der Waals surface area contributed by atoms with Crippen LogP contribution in [0.5, 0.6) is 0 Å². The maximum atomic E-state index is 11.3. The summed E-state index contributed by atoms with van der Waals surface area (Å²) >= 11 is 1.45. The molecule has 0 unspecified atom stereocenters. The molecule has 4 aromatic heterocycles. The Balaban J connectivity index is 2.04. The van der Waals surface area contributed by atoms with Crippen LogP contribution in [0.4, 0.5) is 0 Å². The Bertz CT molecular complexity index is 1170. The van der Waals surface area contributed by atoms with Crippen molar-refractivity contribution in [3.05, 3.63) is 60.0 Å². The molecule has 0 aliphatic carbocycles. The predicted octanol–water partition coefficient (Wildman–Crippen LogP) is 3.58. The monoisotopic (exact) mass is 377 g/mol. The van der Waals surface area contributed by atoms with Crippen LogP contribution in [0.2, 0.25) is 0 Å². The van der Waals surface area contributed by atoms with Crippen molar-refractivity contribution in [1.82, 2.24) is 24.3 Å². The van der Waals surface area contributed by atoms with Gasteiger partial charge in [-0.15, -0.1) is 0 Å². The average molecular weight is 377 g/mol. The van der Waals surface area contributed by atoms with E-state index in [1.807, 2.05) is 41.8 Å². The van der Waals surface area contributed by atoms with Crippen LogP contribution in [-0.2, 0) is 0 Å². The molecule has 0 aromatic carbocycles. The van der Waals surface area contributed by atoms with E-state index in [9.17, 15) is 9.90 Å². The fraction of sp³-hybridized carbons (Fsp3) is 0.105. The van der Waals surface area contributed by atoms with Crippen molar-refractivity contribution >= 4 is 23.4 Å². The summed E-state index contributed by atoms with van der Waals surface area (Å²) in [7, 11) is 0. The van der Waals surface area contributed by atoms with Gasteiger partial charge in [0.2, 0.25) is 0 Å². The molecule has 0 bridgehead atoms. The summed E-state index contributed by atoms with van der Waals surface area (Å²) in [5.74, 6) is -0.996. The van der Waals surface area contributed by atoms with Crippen LogP contribution in [0.3, 0.4) is 0 Å². The zero-order valence-corrected chi connectivity index (χ0v) is 15.4. The number of imidazole rings is 1. The third kappa shape index (κ3) is 3.15. The van der Waals surface area contributed by atoms with Crippen molar-refractivity contribution in [2.75, 3.05) is 6.26 Å². The molecule has 4 aromatic rings. The van der Waals surface area contributed by atoms with Crippen molar-refractivity contribution in [3.63, 3.8) is 0 Å². The molecular formula is C19H15N5O2S. The SMILES string of the molecule is CSc1nccc(-c2c(-c3cccc(C)n3)nc3cc(C(=O)O)ccn23)n1. The third-order valence-corrected chi connectivity index (χ3v) is 4.62. The summed E-state index contributed by atoms with van der Waals surface area (Å²) < 4.78 is 1.83. The van der Waals surface area contributed by atoms with Crippen LogP contribution < -0.4 is 0 Å². The Labute approximate surface area is 159 Å². The van der Waals surface area contributed by atoms with Crippen LogP contribution in [0.1, 0.15) is 16.1 Å². The number of fused-ring (bicyclic) bond motifs is 1. The number of hydrogen-bond acceptors (Lipinski definition) is 6. The number of carboxylic acids is 1. The summed E-state index contributed by atoms with van der Waals surface area (Å²) in [5.41, 5.74) is 4.36. The molecule has 4 rings (SSSR count). The van der Waals surface area contributed by atoms with E-state index in [-0.39, 0.29) is 5.56 Å². The third-order valence-electron chi connectivity index (χ3n) is 4.06. The highest BCUT2D eigenvalue weighted by Gasteiger charge is 2.19. The Morgan fingerprint density at radius 2 is 1.96 bits per heavy atom. The van der Waals surface area contributed by atoms with Gasteiger partial charge in [0.05, 0.1) is 17.0 Å². The molecule has 8 heteroatoms. The van der Waals surface area contributed by atoms with E-state index >= 15 is 0 Å². The first-order valence-corrected chi connectivity index (χ1v) is 9.36. The molecule has 134 valence electrons. The topological polar surface area (TPSA) is 93.3 Å². The highest BCUT2D eigenvalue weighted by molar-refractivity contribution is 7.98. The molecule has 27 heavy (non-hydrogen) atoms. The van der Waals surface area contributed by atoms with Gasteiger partial charge >= 0.3 is 5.97 Å². The van der Waals surface area contributed by atoms with Crippen molar-refractivity contribution < 1.29 is 9.90 Å². The lowest BCUT2D eigenvalue weighted by molar-refractivity contribution is 0.0697. The molecule has 0 saturated heterocycles. The van der Waals surface area contributed by atoms with Crippen LogP contribution >= 0.6 is 11.8 Å². The standard InChI is InChI=1S/C19H15N5O2S/c1-11-4-3-5-13(21-11)16-17(14-6-8-20-19(22-14)27-2)24-9-7-12(18(25)26)10-15(24)23-16/h3-10H,1-2H3,(H,25,26). The zero-order valence-electron chi connectivity index (χ0n) is 14.6. The number of rotatable bonds is 4. The highest BCUT2D eigenvalue weighted by Crippen LogP contribution is 2.31. The largest absolute Gasteiger partial charge is 0.478 e. The van der Waals surface area contributed by atoms with Crippen molar-refractivity contribution in [1.29, 1.82) is 0 Å². The van der Waals surface area contributed by atoms with Crippen molar-refractivity contribution in [2.24, 2.45) is 0 Å². The van der Waals surface area contributed by atoms with E-state index in [4.69, 9.17) is 0 Å². The van der Waals surface area contributed by atoms with Gasteiger partial charge in [-0.05, 0) is 43.5 Å². The molecular weight excluding hydrogens is 362 g/mol. The van der Waals surface area contributed by atoms with Gasteiger partial charge in [0.1, 0.15) is 17.0 Å². The number of thioether (sulfide) groups is 1. The van der Waals surface area contributed by atoms with Crippen LogP contribution in [0.15, 0.2) is 53.9 Å². The first-order valence-electron chi connectivity index (χ1n) is 8.13. The lowest BCUT2D eigenvalue weighted by atomic mass is 10.1.